The second kappa shape index (κ2) is 5.38. The fraction of sp³-hybridized carbons (Fsp3) is 0.421. The van der Waals surface area contributed by atoms with Gasteiger partial charge in [0.25, 0.3) is 0 Å². The Kier molecular flexibility index (Phi) is 3.16. The predicted molar refractivity (Wildman–Crippen MR) is 93.4 cm³/mol. The average molecular weight is 319 g/mol. The Hall–Kier alpha value is -2.27. The third kappa shape index (κ3) is 2.31. The van der Waals surface area contributed by atoms with E-state index in [0.29, 0.717) is 0 Å². The first-order valence-electron chi connectivity index (χ1n) is 8.71. The van der Waals surface area contributed by atoms with E-state index in [1.54, 1.807) is 0 Å². The van der Waals surface area contributed by atoms with Crippen molar-refractivity contribution in [1.29, 1.82) is 0 Å². The van der Waals surface area contributed by atoms with E-state index in [1.165, 1.54) is 19.4 Å². The Morgan fingerprint density at radius 1 is 1.12 bits per heavy atom. The van der Waals surface area contributed by atoms with Gasteiger partial charge in [0.1, 0.15) is 0 Å². The number of nitrogens with zero attached hydrogens (tertiary/aromatic N) is 5. The van der Waals surface area contributed by atoms with Crippen LogP contribution < -0.4 is 0 Å². The number of rotatable bonds is 3. The molecule has 1 aliphatic carbocycles. The van der Waals surface area contributed by atoms with E-state index in [9.17, 15) is 0 Å². The van der Waals surface area contributed by atoms with E-state index in [0.717, 1.165) is 46.7 Å². The van der Waals surface area contributed by atoms with Crippen molar-refractivity contribution < 1.29 is 0 Å². The van der Waals surface area contributed by atoms with Crippen molar-refractivity contribution in [2.24, 2.45) is 11.8 Å². The summed E-state index contributed by atoms with van der Waals surface area (Å²) in [5, 5.41) is 4.57. The summed E-state index contributed by atoms with van der Waals surface area (Å²) in [5.74, 6) is 1.61. The minimum absolute atomic E-state index is 0.765. The fourth-order valence-corrected chi connectivity index (χ4v) is 4.44. The molecule has 5 heteroatoms. The maximum absolute atomic E-state index is 4.72. The molecular weight excluding hydrogens is 298 g/mol. The van der Waals surface area contributed by atoms with Gasteiger partial charge < -0.3 is 4.90 Å². The van der Waals surface area contributed by atoms with Crippen molar-refractivity contribution in [3.8, 4) is 11.3 Å². The van der Waals surface area contributed by atoms with Gasteiger partial charge in [-0.1, -0.05) is 12.1 Å². The van der Waals surface area contributed by atoms with Gasteiger partial charge >= 0.3 is 0 Å². The largest absolute Gasteiger partial charge is 0.303 e. The minimum atomic E-state index is 0.765. The van der Waals surface area contributed by atoms with Gasteiger partial charge in [-0.15, -0.1) is 0 Å². The molecule has 1 saturated carbocycles. The normalized spacial score (nSPS) is 26.5. The molecule has 3 heterocycles. The Labute approximate surface area is 141 Å². The summed E-state index contributed by atoms with van der Waals surface area (Å²) < 4.78 is 2.09. The Balaban J connectivity index is 1.37. The van der Waals surface area contributed by atoms with E-state index in [1.807, 2.05) is 36.7 Å². The summed E-state index contributed by atoms with van der Waals surface area (Å²) in [6.45, 7) is 2.27. The third-order valence-corrected chi connectivity index (χ3v) is 5.76. The molecule has 2 aliphatic rings. The lowest BCUT2D eigenvalue weighted by molar-refractivity contribution is 0.192. The van der Waals surface area contributed by atoms with E-state index in [4.69, 9.17) is 4.98 Å². The van der Waals surface area contributed by atoms with E-state index >= 15 is 0 Å². The molecule has 0 N–H and O–H groups in total. The molecule has 3 aromatic rings. The predicted octanol–water partition coefficient (Wildman–Crippen LogP) is 2.83. The van der Waals surface area contributed by atoms with Gasteiger partial charge in [0.05, 0.1) is 29.1 Å². The van der Waals surface area contributed by atoms with Crippen molar-refractivity contribution in [3.63, 3.8) is 0 Å². The number of aromatic nitrogens is 4. The molecule has 0 spiro atoms. The standard InChI is InChI=1S/C19H21N5/c1-23-10-13-6-16(23)7-14(13)11-24-12-15(8-21-24)19-9-20-17-4-2-3-5-18(17)22-19/h2-5,8-9,12-14,16H,6-7,10-11H2,1H3. The highest BCUT2D eigenvalue weighted by Crippen LogP contribution is 2.41. The number of piperidine rings is 1. The van der Waals surface area contributed by atoms with Crippen LogP contribution in [0.3, 0.4) is 0 Å². The summed E-state index contributed by atoms with van der Waals surface area (Å²) in [6, 6.07) is 8.77. The minimum Gasteiger partial charge on any atom is -0.303 e. The number of likely N-dealkylation sites (tertiary alicyclic amines) is 1. The van der Waals surface area contributed by atoms with Crippen LogP contribution in [-0.4, -0.2) is 44.3 Å². The lowest BCUT2D eigenvalue weighted by Crippen LogP contribution is -2.33. The molecule has 3 atom stereocenters. The third-order valence-electron chi connectivity index (χ3n) is 5.76. The van der Waals surface area contributed by atoms with Crippen LogP contribution in [0.1, 0.15) is 12.8 Å². The molecule has 1 saturated heterocycles. The average Bonchev–Trinajstić information content (AvgIpc) is 3.30. The molecule has 5 nitrogen and oxygen atoms in total. The van der Waals surface area contributed by atoms with E-state index < -0.39 is 0 Å². The van der Waals surface area contributed by atoms with Crippen LogP contribution in [0.2, 0.25) is 0 Å². The first-order valence-corrected chi connectivity index (χ1v) is 8.71. The first kappa shape index (κ1) is 14.1. The monoisotopic (exact) mass is 319 g/mol. The van der Waals surface area contributed by atoms with Gasteiger partial charge in [0.2, 0.25) is 0 Å². The molecule has 122 valence electrons. The van der Waals surface area contributed by atoms with Crippen LogP contribution in [0.25, 0.3) is 22.3 Å². The summed E-state index contributed by atoms with van der Waals surface area (Å²) >= 11 is 0. The summed E-state index contributed by atoms with van der Waals surface area (Å²) in [6.07, 6.45) is 8.56. The van der Waals surface area contributed by atoms with Crippen molar-refractivity contribution in [1.82, 2.24) is 24.6 Å². The van der Waals surface area contributed by atoms with Crippen LogP contribution in [0.4, 0.5) is 0 Å². The highest BCUT2D eigenvalue weighted by molar-refractivity contribution is 5.76. The molecule has 2 fully saturated rings. The van der Waals surface area contributed by atoms with Gasteiger partial charge in [0, 0.05) is 30.9 Å². The molecule has 2 aromatic heterocycles. The van der Waals surface area contributed by atoms with Gasteiger partial charge in [-0.3, -0.25) is 9.67 Å². The lowest BCUT2D eigenvalue weighted by Gasteiger charge is -2.28. The van der Waals surface area contributed by atoms with Crippen molar-refractivity contribution in [3.05, 3.63) is 42.9 Å². The number of benzene rings is 1. The molecule has 2 bridgehead atoms. The van der Waals surface area contributed by atoms with Gasteiger partial charge in [-0.05, 0) is 43.9 Å². The van der Waals surface area contributed by atoms with Crippen LogP contribution in [0.5, 0.6) is 0 Å². The maximum Gasteiger partial charge on any atom is 0.0924 e. The Bertz CT molecular complexity index is 884. The number of hydrogen-bond acceptors (Lipinski definition) is 4. The second-order valence-electron chi connectivity index (χ2n) is 7.28. The molecule has 1 aromatic carbocycles. The Morgan fingerprint density at radius 3 is 2.79 bits per heavy atom. The summed E-state index contributed by atoms with van der Waals surface area (Å²) in [7, 11) is 2.26. The maximum atomic E-state index is 4.72. The zero-order valence-corrected chi connectivity index (χ0v) is 13.8. The second-order valence-corrected chi connectivity index (χ2v) is 7.28. The van der Waals surface area contributed by atoms with Gasteiger partial charge in [-0.25, -0.2) is 4.98 Å². The summed E-state index contributed by atoms with van der Waals surface area (Å²) in [5.41, 5.74) is 3.81. The number of para-hydroxylation sites is 2. The van der Waals surface area contributed by atoms with E-state index in [2.05, 4.69) is 32.9 Å². The number of hydrogen-bond donors (Lipinski definition) is 0. The molecule has 3 unspecified atom stereocenters. The van der Waals surface area contributed by atoms with Crippen LogP contribution in [0, 0.1) is 11.8 Å². The molecule has 1 aliphatic heterocycles. The van der Waals surface area contributed by atoms with Crippen molar-refractivity contribution in [2.75, 3.05) is 13.6 Å². The SMILES string of the molecule is CN1CC2CC1CC2Cn1cc(-c2cnc3ccccc3n2)cn1. The molecule has 0 amide bonds. The van der Waals surface area contributed by atoms with Gasteiger partial charge in [0.15, 0.2) is 0 Å². The molecule has 24 heavy (non-hydrogen) atoms. The lowest BCUT2D eigenvalue weighted by atomic mass is 9.95. The zero-order chi connectivity index (χ0) is 16.1. The zero-order valence-electron chi connectivity index (χ0n) is 13.8. The first-order chi connectivity index (χ1) is 11.8. The fourth-order valence-electron chi connectivity index (χ4n) is 4.44. The highest BCUT2D eigenvalue weighted by Gasteiger charge is 2.42. The van der Waals surface area contributed by atoms with Crippen molar-refractivity contribution in [2.45, 2.75) is 25.4 Å². The number of fused-ring (bicyclic) bond motifs is 3. The van der Waals surface area contributed by atoms with Crippen LogP contribution >= 0.6 is 0 Å². The highest BCUT2D eigenvalue weighted by atomic mass is 15.3. The molecule has 0 radical (unpaired) electrons. The molecular formula is C19H21N5. The van der Waals surface area contributed by atoms with E-state index in [-0.39, 0.29) is 0 Å². The molecule has 5 rings (SSSR count). The van der Waals surface area contributed by atoms with Gasteiger partial charge in [-0.2, -0.15) is 5.10 Å². The quantitative estimate of drug-likeness (QED) is 0.745. The van der Waals surface area contributed by atoms with Crippen LogP contribution in [-0.2, 0) is 6.54 Å². The van der Waals surface area contributed by atoms with Crippen molar-refractivity contribution >= 4 is 11.0 Å². The Morgan fingerprint density at radius 2 is 2.00 bits per heavy atom. The smallest absolute Gasteiger partial charge is 0.0924 e. The van der Waals surface area contributed by atoms with Crippen LogP contribution in [0.15, 0.2) is 42.9 Å². The topological polar surface area (TPSA) is 46.8 Å². The summed E-state index contributed by atoms with van der Waals surface area (Å²) in [4.78, 5) is 11.7.